The maximum atomic E-state index is 2.00. The first-order chi connectivity index (χ1) is 1.73. The van der Waals surface area contributed by atoms with Crippen molar-refractivity contribution in [2.45, 2.75) is 0 Å². The molecule has 39 valence electrons. The molecule has 3 radical (unpaired) electrons. The van der Waals surface area contributed by atoms with Gasteiger partial charge in [0.25, 0.3) is 0 Å². The van der Waals surface area contributed by atoms with Gasteiger partial charge < -0.3 is 0 Å². The number of rotatable bonds is 0. The minimum Gasteiger partial charge on any atom is -0.147 e. The van der Waals surface area contributed by atoms with Crippen LogP contribution in [0, 0.1) is 0 Å². The molecular formula is C2H8Cl2GeN. The van der Waals surface area contributed by atoms with Gasteiger partial charge in [-0.3, -0.25) is 0 Å². The molecule has 0 amide bonds. The quantitative estimate of drug-likeness (QED) is 0.501. The van der Waals surface area contributed by atoms with Crippen molar-refractivity contribution in [2.75, 3.05) is 14.1 Å². The number of halogens is 2. The van der Waals surface area contributed by atoms with Crippen LogP contribution in [0.3, 0.4) is 0 Å². The van der Waals surface area contributed by atoms with E-state index in [1.54, 1.807) is 0 Å². The Morgan fingerprint density at radius 3 is 1.17 bits per heavy atom. The van der Waals surface area contributed by atoms with Crippen molar-refractivity contribution in [1.29, 1.82) is 0 Å². The van der Waals surface area contributed by atoms with E-state index in [0.29, 0.717) is 0 Å². The molecule has 0 unspecified atom stereocenters. The van der Waals surface area contributed by atoms with Crippen LogP contribution in [0.15, 0.2) is 0 Å². The van der Waals surface area contributed by atoms with Gasteiger partial charge in [0.1, 0.15) is 0 Å². The summed E-state index contributed by atoms with van der Waals surface area (Å²) in [6.45, 7) is 0. The molecule has 0 aromatic heterocycles. The number of nitrogens with zero attached hydrogens (tertiary/aromatic N) is 1. The van der Waals surface area contributed by atoms with Crippen molar-refractivity contribution in [1.82, 2.24) is 3.86 Å². The topological polar surface area (TPSA) is 3.24 Å². The van der Waals surface area contributed by atoms with Crippen molar-refractivity contribution in [3.05, 3.63) is 0 Å². The molecule has 0 fully saturated rings. The summed E-state index contributed by atoms with van der Waals surface area (Å²) in [7, 11) is 4.00. The third-order valence-electron chi connectivity index (χ3n) is 0. The van der Waals surface area contributed by atoms with E-state index >= 15 is 0 Å². The van der Waals surface area contributed by atoms with E-state index in [-0.39, 0.29) is 24.8 Å². The zero-order valence-corrected chi connectivity index (χ0v) is 7.49. The Labute approximate surface area is 59.7 Å². The second-order valence-electron chi connectivity index (χ2n) is 0.894. The zero-order valence-electron chi connectivity index (χ0n) is 3.76. The standard InChI is InChI=1S/C2H6GeN.2ClH/c1-4(2)3;;/h1-2H3;2*1H. The van der Waals surface area contributed by atoms with E-state index < -0.39 is 0 Å². The summed E-state index contributed by atoms with van der Waals surface area (Å²) in [5, 5.41) is 0. The predicted molar refractivity (Wildman–Crippen MR) is 33.9 cm³/mol. The second kappa shape index (κ2) is 9.43. The van der Waals surface area contributed by atoms with Crippen LogP contribution in [0.2, 0.25) is 0 Å². The summed E-state index contributed by atoms with van der Waals surface area (Å²) in [5.41, 5.74) is 0. The van der Waals surface area contributed by atoms with Crippen molar-refractivity contribution in [3.63, 3.8) is 0 Å². The number of hydrogen-bond donors (Lipinski definition) is 0. The first kappa shape index (κ1) is 15.7. The van der Waals surface area contributed by atoms with Crippen molar-refractivity contribution in [3.8, 4) is 0 Å². The van der Waals surface area contributed by atoms with Crippen LogP contribution in [0.4, 0.5) is 0 Å². The molecule has 0 N–H and O–H groups in total. The van der Waals surface area contributed by atoms with Crippen LogP contribution < -0.4 is 0 Å². The Kier molecular flexibility index (Phi) is 24.7. The van der Waals surface area contributed by atoms with Gasteiger partial charge in [-0.1, -0.05) is 0 Å². The van der Waals surface area contributed by atoms with Crippen LogP contribution >= 0.6 is 24.8 Å². The first-order valence-electron chi connectivity index (χ1n) is 1.12. The van der Waals surface area contributed by atoms with Crippen LogP contribution in [-0.2, 0) is 0 Å². The molecule has 4 heteroatoms. The Morgan fingerprint density at radius 1 is 1.17 bits per heavy atom. The molecule has 0 rings (SSSR count). The van der Waals surface area contributed by atoms with E-state index in [0.717, 1.165) is 0 Å². The Bertz CT molecular complexity index is 16.3. The van der Waals surface area contributed by atoms with Gasteiger partial charge >= 0.3 is 34.7 Å². The molecule has 0 aromatic carbocycles. The average Bonchev–Trinajstić information content (AvgIpc) is 0.811. The summed E-state index contributed by atoms with van der Waals surface area (Å²) in [4.78, 5) is 0. The third kappa shape index (κ3) is 72.3. The van der Waals surface area contributed by atoms with Gasteiger partial charge in [-0.15, -0.1) is 24.8 Å². The van der Waals surface area contributed by atoms with Crippen LogP contribution in [0.25, 0.3) is 0 Å². The molecule has 0 heterocycles. The SMILES string of the molecule is C[N](C)[Ge].Cl.Cl. The Hall–Kier alpha value is 1.08. The molecule has 0 atom stereocenters. The number of hydrogen-bond acceptors (Lipinski definition) is 1. The van der Waals surface area contributed by atoms with Gasteiger partial charge in [0, 0.05) is 0 Å². The van der Waals surface area contributed by atoms with Crippen molar-refractivity contribution in [2.24, 2.45) is 0 Å². The van der Waals surface area contributed by atoms with Gasteiger partial charge in [0.15, 0.2) is 0 Å². The third-order valence-corrected chi connectivity index (χ3v) is 0. The van der Waals surface area contributed by atoms with Crippen LogP contribution in [-0.4, -0.2) is 34.7 Å². The monoisotopic (exact) mass is 190 g/mol. The second-order valence-corrected chi connectivity index (χ2v) is 2.77. The van der Waals surface area contributed by atoms with Gasteiger partial charge in [-0.2, -0.15) is 0 Å². The van der Waals surface area contributed by atoms with Gasteiger partial charge in [-0.05, 0) is 0 Å². The normalized spacial score (nSPS) is 6.00. The van der Waals surface area contributed by atoms with Crippen LogP contribution in [0.1, 0.15) is 0 Å². The Balaban J connectivity index is -0.0000000450. The summed E-state index contributed by atoms with van der Waals surface area (Å²) in [6, 6.07) is 0. The summed E-state index contributed by atoms with van der Waals surface area (Å²) < 4.78 is 2.00. The van der Waals surface area contributed by atoms with Crippen molar-refractivity contribution < 1.29 is 0 Å². The molecule has 6 heavy (non-hydrogen) atoms. The van der Waals surface area contributed by atoms with Crippen molar-refractivity contribution >= 4 is 41.6 Å². The van der Waals surface area contributed by atoms with Gasteiger partial charge in [0.05, 0.1) is 0 Å². The maximum Gasteiger partial charge on any atom is -0.147 e. The molecular weight excluding hydrogens is 182 g/mol. The van der Waals surface area contributed by atoms with Gasteiger partial charge in [0.2, 0.25) is 0 Å². The molecule has 0 saturated carbocycles. The first-order valence-corrected chi connectivity index (χ1v) is 2.06. The smallest absolute Gasteiger partial charge is 0.147 e. The largest absolute Gasteiger partial charge is 0.147 e. The van der Waals surface area contributed by atoms with Crippen LogP contribution in [0.5, 0.6) is 0 Å². The fourth-order valence-corrected chi connectivity index (χ4v) is 0. The average molecular weight is 190 g/mol. The van der Waals surface area contributed by atoms with E-state index in [4.69, 9.17) is 0 Å². The molecule has 0 spiro atoms. The van der Waals surface area contributed by atoms with E-state index in [1.165, 1.54) is 0 Å². The van der Waals surface area contributed by atoms with E-state index in [1.807, 2.05) is 34.7 Å². The summed E-state index contributed by atoms with van der Waals surface area (Å²) >= 11 is 2.00. The molecule has 0 aliphatic carbocycles. The molecule has 0 aliphatic heterocycles. The molecule has 0 bridgehead atoms. The van der Waals surface area contributed by atoms with E-state index in [9.17, 15) is 0 Å². The molecule has 1 nitrogen and oxygen atoms in total. The molecule has 0 saturated heterocycles. The summed E-state index contributed by atoms with van der Waals surface area (Å²) in [6.07, 6.45) is 0. The summed E-state index contributed by atoms with van der Waals surface area (Å²) in [5.74, 6) is 0. The molecule has 0 aliphatic rings. The zero-order chi connectivity index (χ0) is 3.58. The Morgan fingerprint density at radius 2 is 1.17 bits per heavy atom. The maximum absolute atomic E-state index is 2.00. The minimum atomic E-state index is 0. The predicted octanol–water partition coefficient (Wildman–Crippen LogP) is 0.475. The fourth-order valence-electron chi connectivity index (χ4n) is 0. The minimum absolute atomic E-state index is 0. The van der Waals surface area contributed by atoms with Gasteiger partial charge in [-0.25, -0.2) is 0 Å². The fraction of sp³-hybridized carbons (Fsp3) is 1.00. The van der Waals surface area contributed by atoms with E-state index in [2.05, 4.69) is 0 Å². The molecule has 0 aromatic rings.